The van der Waals surface area contributed by atoms with E-state index in [4.69, 9.17) is 15.2 Å². The molecule has 5 heteroatoms. The molecule has 0 bridgehead atoms. The normalized spacial score (nSPS) is 12.1. The highest BCUT2D eigenvalue weighted by Crippen LogP contribution is 2.35. The van der Waals surface area contributed by atoms with Crippen LogP contribution in [0.5, 0.6) is 11.5 Å². The van der Waals surface area contributed by atoms with Crippen LogP contribution in [0.2, 0.25) is 0 Å². The van der Waals surface area contributed by atoms with Gasteiger partial charge in [0.1, 0.15) is 5.82 Å². The van der Waals surface area contributed by atoms with Crippen molar-refractivity contribution in [2.45, 2.75) is 13.0 Å². The predicted octanol–water partition coefficient (Wildman–Crippen LogP) is 3.96. The van der Waals surface area contributed by atoms with Gasteiger partial charge in [0, 0.05) is 4.47 Å². The lowest BCUT2D eigenvalue weighted by Crippen LogP contribution is -2.14. The third-order valence-corrected chi connectivity index (χ3v) is 4.09. The molecule has 0 amide bonds. The lowest BCUT2D eigenvalue weighted by Gasteiger charge is -2.19. The van der Waals surface area contributed by atoms with E-state index in [1.54, 1.807) is 20.3 Å². The fourth-order valence-corrected chi connectivity index (χ4v) is 2.85. The number of ether oxygens (including phenoxy) is 2. The molecule has 0 saturated heterocycles. The van der Waals surface area contributed by atoms with Crippen LogP contribution < -0.4 is 15.2 Å². The van der Waals surface area contributed by atoms with Crippen molar-refractivity contribution in [3.05, 3.63) is 57.3 Å². The zero-order valence-corrected chi connectivity index (χ0v) is 13.7. The Labute approximate surface area is 132 Å². The number of rotatable bonds is 4. The van der Waals surface area contributed by atoms with Gasteiger partial charge in [-0.15, -0.1) is 0 Å². The van der Waals surface area contributed by atoms with Crippen LogP contribution in [0.25, 0.3) is 0 Å². The maximum absolute atomic E-state index is 13.2. The Kier molecular flexibility index (Phi) is 4.85. The highest BCUT2D eigenvalue weighted by Gasteiger charge is 2.18. The molecule has 0 aliphatic carbocycles. The highest BCUT2D eigenvalue weighted by molar-refractivity contribution is 9.10. The SMILES string of the molecule is COc1cc(C)c(C(N)c2ccc(F)cc2Br)cc1OC. The summed E-state index contributed by atoms with van der Waals surface area (Å²) in [5.74, 6) is 0.970. The molecule has 0 aromatic heterocycles. The van der Waals surface area contributed by atoms with Crippen molar-refractivity contribution in [1.29, 1.82) is 0 Å². The Morgan fingerprint density at radius 3 is 2.24 bits per heavy atom. The second kappa shape index (κ2) is 6.45. The zero-order chi connectivity index (χ0) is 15.6. The molecule has 21 heavy (non-hydrogen) atoms. The molecule has 2 aromatic rings. The minimum absolute atomic E-state index is 0.304. The van der Waals surface area contributed by atoms with Gasteiger partial charge < -0.3 is 15.2 Å². The number of aryl methyl sites for hydroxylation is 1. The summed E-state index contributed by atoms with van der Waals surface area (Å²) < 4.78 is 24.4. The van der Waals surface area contributed by atoms with Crippen molar-refractivity contribution in [2.75, 3.05) is 14.2 Å². The molecule has 2 rings (SSSR count). The fraction of sp³-hybridized carbons (Fsp3) is 0.250. The van der Waals surface area contributed by atoms with E-state index < -0.39 is 0 Å². The second-order valence-electron chi connectivity index (χ2n) is 4.71. The Bertz CT molecular complexity index is 661. The summed E-state index contributed by atoms with van der Waals surface area (Å²) in [6.45, 7) is 1.95. The Morgan fingerprint density at radius 1 is 1.05 bits per heavy atom. The van der Waals surface area contributed by atoms with Crippen molar-refractivity contribution >= 4 is 15.9 Å². The highest BCUT2D eigenvalue weighted by atomic mass is 79.9. The molecular weight excluding hydrogens is 337 g/mol. The van der Waals surface area contributed by atoms with Crippen LogP contribution in [0.3, 0.4) is 0 Å². The van der Waals surface area contributed by atoms with Crippen LogP contribution in [-0.4, -0.2) is 14.2 Å². The Balaban J connectivity index is 2.50. The molecule has 0 aliphatic rings. The first-order valence-electron chi connectivity index (χ1n) is 6.41. The number of methoxy groups -OCH3 is 2. The van der Waals surface area contributed by atoms with E-state index in [9.17, 15) is 4.39 Å². The average Bonchev–Trinajstić information content (AvgIpc) is 2.46. The topological polar surface area (TPSA) is 44.5 Å². The average molecular weight is 354 g/mol. The minimum Gasteiger partial charge on any atom is -0.493 e. The van der Waals surface area contributed by atoms with Gasteiger partial charge >= 0.3 is 0 Å². The van der Waals surface area contributed by atoms with E-state index in [2.05, 4.69) is 15.9 Å². The molecule has 0 saturated carbocycles. The van der Waals surface area contributed by atoms with Crippen LogP contribution in [0, 0.1) is 12.7 Å². The van der Waals surface area contributed by atoms with Crippen LogP contribution in [-0.2, 0) is 0 Å². The molecule has 1 unspecified atom stereocenters. The van der Waals surface area contributed by atoms with Gasteiger partial charge in [0.2, 0.25) is 0 Å². The van der Waals surface area contributed by atoms with Crippen LogP contribution in [0.1, 0.15) is 22.7 Å². The van der Waals surface area contributed by atoms with Crippen molar-refractivity contribution in [1.82, 2.24) is 0 Å². The molecule has 2 aromatic carbocycles. The third kappa shape index (κ3) is 3.19. The van der Waals surface area contributed by atoms with Gasteiger partial charge in [-0.1, -0.05) is 22.0 Å². The molecule has 2 N–H and O–H groups in total. The first kappa shape index (κ1) is 15.8. The molecule has 1 atom stereocenters. The predicted molar refractivity (Wildman–Crippen MR) is 84.4 cm³/mol. The molecule has 0 fully saturated rings. The fourth-order valence-electron chi connectivity index (χ4n) is 2.25. The Morgan fingerprint density at radius 2 is 1.67 bits per heavy atom. The largest absolute Gasteiger partial charge is 0.493 e. The number of hydrogen-bond acceptors (Lipinski definition) is 3. The van der Waals surface area contributed by atoms with E-state index in [0.717, 1.165) is 16.7 Å². The lowest BCUT2D eigenvalue weighted by molar-refractivity contribution is 0.354. The van der Waals surface area contributed by atoms with Gasteiger partial charge in [-0.25, -0.2) is 4.39 Å². The van der Waals surface area contributed by atoms with Crippen LogP contribution in [0.4, 0.5) is 4.39 Å². The number of halogens is 2. The maximum Gasteiger partial charge on any atom is 0.161 e. The molecule has 0 radical (unpaired) electrons. The lowest BCUT2D eigenvalue weighted by atomic mass is 9.95. The molecular formula is C16H17BrFNO2. The first-order chi connectivity index (χ1) is 9.97. The quantitative estimate of drug-likeness (QED) is 0.904. The van der Waals surface area contributed by atoms with Gasteiger partial charge in [0.05, 0.1) is 20.3 Å². The van der Waals surface area contributed by atoms with Crippen molar-refractivity contribution in [3.63, 3.8) is 0 Å². The van der Waals surface area contributed by atoms with Crippen molar-refractivity contribution < 1.29 is 13.9 Å². The molecule has 0 aliphatic heterocycles. The van der Waals surface area contributed by atoms with Gasteiger partial charge in [-0.3, -0.25) is 0 Å². The van der Waals surface area contributed by atoms with E-state index in [0.29, 0.717) is 16.0 Å². The summed E-state index contributed by atoms with van der Waals surface area (Å²) in [7, 11) is 3.17. The molecule has 112 valence electrons. The van der Waals surface area contributed by atoms with E-state index in [1.807, 2.05) is 19.1 Å². The van der Waals surface area contributed by atoms with Crippen molar-refractivity contribution in [3.8, 4) is 11.5 Å². The third-order valence-electron chi connectivity index (χ3n) is 3.40. The number of hydrogen-bond donors (Lipinski definition) is 1. The monoisotopic (exact) mass is 353 g/mol. The van der Waals surface area contributed by atoms with Gasteiger partial charge in [0.15, 0.2) is 11.5 Å². The van der Waals surface area contributed by atoms with Gasteiger partial charge in [-0.2, -0.15) is 0 Å². The summed E-state index contributed by atoms with van der Waals surface area (Å²) in [5, 5.41) is 0. The molecule has 3 nitrogen and oxygen atoms in total. The Hall–Kier alpha value is -1.59. The maximum atomic E-state index is 13.2. The zero-order valence-electron chi connectivity index (χ0n) is 12.1. The summed E-state index contributed by atoms with van der Waals surface area (Å²) >= 11 is 3.36. The van der Waals surface area contributed by atoms with E-state index >= 15 is 0 Å². The van der Waals surface area contributed by atoms with Gasteiger partial charge in [0.25, 0.3) is 0 Å². The molecule has 0 heterocycles. The van der Waals surface area contributed by atoms with Crippen LogP contribution in [0.15, 0.2) is 34.8 Å². The summed E-state index contributed by atoms with van der Waals surface area (Å²) in [6.07, 6.45) is 0. The molecule has 0 spiro atoms. The summed E-state index contributed by atoms with van der Waals surface area (Å²) in [4.78, 5) is 0. The first-order valence-corrected chi connectivity index (χ1v) is 7.20. The van der Waals surface area contributed by atoms with Crippen LogP contribution >= 0.6 is 15.9 Å². The number of benzene rings is 2. The second-order valence-corrected chi connectivity index (χ2v) is 5.56. The van der Waals surface area contributed by atoms with Crippen molar-refractivity contribution in [2.24, 2.45) is 5.73 Å². The summed E-state index contributed by atoms with van der Waals surface area (Å²) in [5.41, 5.74) is 9.03. The summed E-state index contributed by atoms with van der Waals surface area (Å²) in [6, 6.07) is 7.83. The number of nitrogens with two attached hydrogens (primary N) is 1. The van der Waals surface area contributed by atoms with E-state index in [1.165, 1.54) is 12.1 Å². The van der Waals surface area contributed by atoms with E-state index in [-0.39, 0.29) is 11.9 Å². The minimum atomic E-state index is -0.389. The standard InChI is InChI=1S/C16H17BrFNO2/c1-9-6-14(20-2)15(21-3)8-12(9)16(19)11-5-4-10(18)7-13(11)17/h4-8,16H,19H2,1-3H3. The van der Waals surface area contributed by atoms with Gasteiger partial charge in [-0.05, 0) is 47.9 Å². The smallest absolute Gasteiger partial charge is 0.161 e.